The smallest absolute Gasteiger partial charge is 0.318 e. The van der Waals surface area contributed by atoms with Crippen LogP contribution in [0.2, 0.25) is 0 Å². The van der Waals surface area contributed by atoms with E-state index in [0.29, 0.717) is 11.4 Å². The fraction of sp³-hybridized carbons (Fsp3) is 0.105. The zero-order valence-electron chi connectivity index (χ0n) is 13.6. The number of hydrogen-bond donors (Lipinski definition) is 2. The third kappa shape index (κ3) is 5.53. The fourth-order valence-corrected chi connectivity index (χ4v) is 1.92. The van der Waals surface area contributed by atoms with E-state index in [1.165, 1.54) is 0 Å². The number of carbonyl (C=O) groups excluding carboxylic acids is 2. The van der Waals surface area contributed by atoms with Crippen molar-refractivity contribution in [1.29, 1.82) is 0 Å². The number of nitrogens with zero attached hydrogens (tertiary/aromatic N) is 1. The van der Waals surface area contributed by atoms with E-state index in [-0.39, 0.29) is 0 Å². The largest absolute Gasteiger partial charge is 0.329 e. The van der Waals surface area contributed by atoms with E-state index in [1.54, 1.807) is 31.2 Å². The summed E-state index contributed by atoms with van der Waals surface area (Å²) in [4.78, 5) is 23.6. The summed E-state index contributed by atoms with van der Waals surface area (Å²) in [5, 5.41) is 6.41. The van der Waals surface area contributed by atoms with Crippen molar-refractivity contribution in [1.82, 2.24) is 5.43 Å². The highest BCUT2D eigenvalue weighted by molar-refractivity contribution is 6.39. The molecule has 0 heterocycles. The molecule has 2 aromatic carbocycles. The Bertz CT molecular complexity index is 780. The van der Waals surface area contributed by atoms with Crippen LogP contribution in [0.5, 0.6) is 0 Å². The van der Waals surface area contributed by atoms with Crippen LogP contribution in [0.4, 0.5) is 5.69 Å². The summed E-state index contributed by atoms with van der Waals surface area (Å²) in [5.74, 6) is -1.58. The molecule has 0 aliphatic carbocycles. The van der Waals surface area contributed by atoms with Gasteiger partial charge in [0.1, 0.15) is 0 Å². The van der Waals surface area contributed by atoms with E-state index in [4.69, 9.17) is 0 Å². The van der Waals surface area contributed by atoms with Crippen molar-refractivity contribution < 1.29 is 9.59 Å². The standard InChI is InChI=1S/C19H19N3O2/c1-14-7-6-10-17(13-14)20-18(23)19(24)22-21-15(2)11-12-16-8-4-3-5-9-16/h3-13H,1-2H3,(H,20,23)(H,22,24). The molecule has 0 atom stereocenters. The van der Waals surface area contributed by atoms with Crippen molar-refractivity contribution in [2.75, 3.05) is 5.32 Å². The van der Waals surface area contributed by atoms with Crippen molar-refractivity contribution in [3.05, 3.63) is 71.8 Å². The Morgan fingerprint density at radius 2 is 1.75 bits per heavy atom. The summed E-state index contributed by atoms with van der Waals surface area (Å²) < 4.78 is 0. The average molecular weight is 321 g/mol. The van der Waals surface area contributed by atoms with E-state index in [0.717, 1.165) is 11.1 Å². The molecule has 0 aromatic heterocycles. The molecule has 0 saturated carbocycles. The van der Waals surface area contributed by atoms with E-state index in [9.17, 15) is 9.59 Å². The molecule has 0 fully saturated rings. The van der Waals surface area contributed by atoms with Crippen LogP contribution in [0, 0.1) is 6.92 Å². The van der Waals surface area contributed by atoms with Gasteiger partial charge in [-0.2, -0.15) is 5.10 Å². The Labute approximate surface area is 141 Å². The van der Waals surface area contributed by atoms with Gasteiger partial charge in [-0.1, -0.05) is 48.5 Å². The van der Waals surface area contributed by atoms with Crippen LogP contribution in [0.3, 0.4) is 0 Å². The zero-order valence-corrected chi connectivity index (χ0v) is 13.6. The zero-order chi connectivity index (χ0) is 17.4. The summed E-state index contributed by atoms with van der Waals surface area (Å²) in [6.45, 7) is 3.64. The number of benzene rings is 2. The first-order valence-corrected chi connectivity index (χ1v) is 7.50. The predicted molar refractivity (Wildman–Crippen MR) is 96.5 cm³/mol. The highest BCUT2D eigenvalue weighted by Gasteiger charge is 2.12. The van der Waals surface area contributed by atoms with E-state index >= 15 is 0 Å². The molecule has 5 nitrogen and oxygen atoms in total. The summed E-state index contributed by atoms with van der Waals surface area (Å²) in [7, 11) is 0. The van der Waals surface area contributed by atoms with Gasteiger partial charge in [0, 0.05) is 5.69 Å². The first kappa shape index (κ1) is 17.1. The van der Waals surface area contributed by atoms with Crippen molar-refractivity contribution in [3.63, 3.8) is 0 Å². The number of hydrazone groups is 1. The minimum atomic E-state index is -0.816. The third-order valence-electron chi connectivity index (χ3n) is 3.13. The van der Waals surface area contributed by atoms with Gasteiger partial charge in [-0.15, -0.1) is 0 Å². The summed E-state index contributed by atoms with van der Waals surface area (Å²) in [6.07, 6.45) is 3.63. The minimum absolute atomic E-state index is 0.569. The summed E-state index contributed by atoms with van der Waals surface area (Å²) in [5.41, 5.74) is 5.40. The number of carbonyl (C=O) groups is 2. The van der Waals surface area contributed by atoms with Crippen molar-refractivity contribution >= 4 is 29.3 Å². The molecule has 0 aliphatic rings. The molecule has 2 aromatic rings. The van der Waals surface area contributed by atoms with Gasteiger partial charge in [-0.3, -0.25) is 9.59 Å². The second-order valence-corrected chi connectivity index (χ2v) is 5.26. The van der Waals surface area contributed by atoms with Gasteiger partial charge in [0.2, 0.25) is 0 Å². The Hall–Kier alpha value is -3.21. The molecular weight excluding hydrogens is 302 g/mol. The second kappa shape index (κ2) is 8.43. The molecular formula is C19H19N3O2. The Kier molecular flexibility index (Phi) is 6.02. The quantitative estimate of drug-likeness (QED) is 0.516. The maximum Gasteiger partial charge on any atom is 0.329 e. The molecule has 0 spiro atoms. The van der Waals surface area contributed by atoms with Crippen LogP contribution in [-0.2, 0) is 9.59 Å². The number of amides is 2. The number of hydrogen-bond acceptors (Lipinski definition) is 3. The van der Waals surface area contributed by atoms with E-state index in [2.05, 4.69) is 15.8 Å². The topological polar surface area (TPSA) is 70.6 Å². The van der Waals surface area contributed by atoms with Crippen LogP contribution in [0.25, 0.3) is 6.08 Å². The maximum absolute atomic E-state index is 11.8. The first-order chi connectivity index (χ1) is 11.5. The predicted octanol–water partition coefficient (Wildman–Crippen LogP) is 3.14. The molecule has 2 amide bonds. The first-order valence-electron chi connectivity index (χ1n) is 7.50. The maximum atomic E-state index is 11.8. The molecule has 0 aliphatic heterocycles. The van der Waals surface area contributed by atoms with Crippen molar-refractivity contribution in [2.45, 2.75) is 13.8 Å². The van der Waals surface area contributed by atoms with E-state index < -0.39 is 11.8 Å². The van der Waals surface area contributed by atoms with Crippen LogP contribution in [0.15, 0.2) is 65.8 Å². The van der Waals surface area contributed by atoms with Gasteiger partial charge in [0.15, 0.2) is 0 Å². The summed E-state index contributed by atoms with van der Waals surface area (Å²) in [6, 6.07) is 16.9. The number of aryl methyl sites for hydroxylation is 1. The Morgan fingerprint density at radius 1 is 1.00 bits per heavy atom. The molecule has 0 bridgehead atoms. The third-order valence-corrected chi connectivity index (χ3v) is 3.13. The highest BCUT2D eigenvalue weighted by Crippen LogP contribution is 2.09. The van der Waals surface area contributed by atoms with Crippen molar-refractivity contribution in [2.24, 2.45) is 5.10 Å². The normalized spacial score (nSPS) is 11.3. The number of nitrogens with one attached hydrogen (secondary N) is 2. The van der Waals surface area contributed by atoms with Gasteiger partial charge in [0.05, 0.1) is 5.71 Å². The Balaban J connectivity index is 1.89. The second-order valence-electron chi connectivity index (χ2n) is 5.26. The molecule has 5 heteroatoms. The monoisotopic (exact) mass is 321 g/mol. The fourth-order valence-electron chi connectivity index (χ4n) is 1.92. The number of allylic oxidation sites excluding steroid dienone is 1. The molecule has 0 saturated heterocycles. The molecule has 0 unspecified atom stereocenters. The lowest BCUT2D eigenvalue weighted by Gasteiger charge is -2.04. The molecule has 2 rings (SSSR count). The Morgan fingerprint density at radius 3 is 2.46 bits per heavy atom. The SMILES string of the molecule is CC(C=Cc1ccccc1)=NNC(=O)C(=O)Nc1cccc(C)c1. The lowest BCUT2D eigenvalue weighted by molar-refractivity contribution is -0.136. The van der Waals surface area contributed by atoms with Gasteiger partial charge in [0.25, 0.3) is 0 Å². The molecule has 24 heavy (non-hydrogen) atoms. The van der Waals surface area contributed by atoms with Crippen LogP contribution < -0.4 is 10.7 Å². The average Bonchev–Trinajstić information content (AvgIpc) is 2.58. The van der Waals surface area contributed by atoms with Crippen LogP contribution >= 0.6 is 0 Å². The molecule has 122 valence electrons. The molecule has 0 radical (unpaired) electrons. The minimum Gasteiger partial charge on any atom is -0.318 e. The van der Waals surface area contributed by atoms with Crippen LogP contribution in [-0.4, -0.2) is 17.5 Å². The highest BCUT2D eigenvalue weighted by atomic mass is 16.2. The number of anilines is 1. The van der Waals surface area contributed by atoms with Gasteiger partial charge in [-0.25, -0.2) is 5.43 Å². The van der Waals surface area contributed by atoms with Crippen molar-refractivity contribution in [3.8, 4) is 0 Å². The number of rotatable bonds is 4. The van der Waals surface area contributed by atoms with Crippen LogP contribution in [0.1, 0.15) is 18.1 Å². The van der Waals surface area contributed by atoms with Gasteiger partial charge < -0.3 is 5.32 Å². The lowest BCUT2D eigenvalue weighted by Crippen LogP contribution is -2.32. The summed E-state index contributed by atoms with van der Waals surface area (Å²) >= 11 is 0. The van der Waals surface area contributed by atoms with Gasteiger partial charge >= 0.3 is 11.8 Å². The molecule has 2 N–H and O–H groups in total. The van der Waals surface area contributed by atoms with E-state index in [1.807, 2.05) is 49.4 Å². The lowest BCUT2D eigenvalue weighted by atomic mass is 10.2. The van der Waals surface area contributed by atoms with Gasteiger partial charge in [-0.05, 0) is 43.2 Å².